The van der Waals surface area contributed by atoms with Crippen molar-refractivity contribution in [3.05, 3.63) is 0 Å². The zero-order valence-corrected chi connectivity index (χ0v) is 10.3. The van der Waals surface area contributed by atoms with E-state index in [-0.39, 0.29) is 19.0 Å². The fraction of sp³-hybridized carbons (Fsp3) is 0.909. The van der Waals surface area contributed by atoms with E-state index in [2.05, 4.69) is 0 Å². The Morgan fingerprint density at radius 1 is 0.941 bits per heavy atom. The second-order valence-electron chi connectivity index (χ2n) is 3.08. The number of halogens is 1. The summed E-state index contributed by atoms with van der Waals surface area (Å²) >= 11 is 0. The van der Waals surface area contributed by atoms with Crippen LogP contribution < -0.4 is 0 Å². The van der Waals surface area contributed by atoms with Crippen LogP contribution in [0.1, 0.15) is 13.3 Å². The fourth-order valence-corrected chi connectivity index (χ4v) is 0.985. The molecule has 0 aliphatic rings. The maximum Gasteiger partial charge on any atom is 0.308 e. The third-order valence-electron chi connectivity index (χ3n) is 1.72. The van der Waals surface area contributed by atoms with Crippen LogP contribution in [0.3, 0.4) is 0 Å². The van der Waals surface area contributed by atoms with E-state index in [1.165, 1.54) is 0 Å². The molecule has 0 saturated heterocycles. The second-order valence-corrected chi connectivity index (χ2v) is 3.08. The first-order valence-corrected chi connectivity index (χ1v) is 5.76. The van der Waals surface area contributed by atoms with Crippen molar-refractivity contribution in [3.63, 3.8) is 0 Å². The van der Waals surface area contributed by atoms with Crippen LogP contribution in [0, 0.1) is 0 Å². The Balaban J connectivity index is 3.01. The van der Waals surface area contributed by atoms with E-state index >= 15 is 0 Å². The minimum absolute atomic E-state index is 0.111. The number of alkyl halides is 1. The topological polar surface area (TPSA) is 54.0 Å². The molecule has 0 N–H and O–H groups in total. The van der Waals surface area contributed by atoms with E-state index in [9.17, 15) is 9.18 Å². The maximum atomic E-state index is 11.6. The number of carbonyl (C=O) groups is 1. The molecule has 0 atom stereocenters. The maximum absolute atomic E-state index is 11.6. The highest BCUT2D eigenvalue weighted by molar-refractivity contribution is 5.69. The molecule has 0 unspecified atom stereocenters. The van der Waals surface area contributed by atoms with Crippen LogP contribution in [0.2, 0.25) is 0 Å². The molecule has 0 aliphatic heterocycles. The van der Waals surface area contributed by atoms with Gasteiger partial charge in [0, 0.05) is 0 Å². The van der Waals surface area contributed by atoms with Crippen molar-refractivity contribution in [1.82, 2.24) is 0 Å². The van der Waals surface area contributed by atoms with Gasteiger partial charge in [0.05, 0.1) is 52.7 Å². The van der Waals surface area contributed by atoms with Gasteiger partial charge in [0.15, 0.2) is 0 Å². The molecule has 17 heavy (non-hydrogen) atoms. The van der Waals surface area contributed by atoms with Crippen molar-refractivity contribution < 1.29 is 28.1 Å². The van der Waals surface area contributed by atoms with Gasteiger partial charge in [-0.2, -0.15) is 0 Å². The molecule has 0 amide bonds. The van der Waals surface area contributed by atoms with Crippen molar-refractivity contribution in [2.45, 2.75) is 13.3 Å². The highest BCUT2D eigenvalue weighted by atomic mass is 19.1. The molecule has 0 radical (unpaired) electrons. The molecule has 0 aliphatic carbocycles. The number of carbonyl (C=O) groups excluding carboxylic acids is 1. The Kier molecular flexibility index (Phi) is 12.8. The van der Waals surface area contributed by atoms with Crippen molar-refractivity contribution in [3.8, 4) is 0 Å². The van der Waals surface area contributed by atoms with Gasteiger partial charge in [-0.3, -0.25) is 4.79 Å². The summed E-state index contributed by atoms with van der Waals surface area (Å²) in [6.45, 7) is 3.77. The Morgan fingerprint density at radius 3 is 2.00 bits per heavy atom. The van der Waals surface area contributed by atoms with Gasteiger partial charge in [-0.15, -0.1) is 0 Å². The van der Waals surface area contributed by atoms with Crippen LogP contribution in [0.25, 0.3) is 0 Å². The predicted molar refractivity (Wildman–Crippen MR) is 59.7 cm³/mol. The lowest BCUT2D eigenvalue weighted by Crippen LogP contribution is -2.12. The van der Waals surface area contributed by atoms with Crippen LogP contribution in [0.5, 0.6) is 0 Å². The van der Waals surface area contributed by atoms with E-state index in [4.69, 9.17) is 18.9 Å². The van der Waals surface area contributed by atoms with Crippen LogP contribution in [0.4, 0.5) is 4.39 Å². The molecule has 0 aromatic carbocycles. The summed E-state index contributed by atoms with van der Waals surface area (Å²) in [7, 11) is 0. The van der Waals surface area contributed by atoms with Gasteiger partial charge in [-0.1, -0.05) is 0 Å². The Hall–Kier alpha value is -0.720. The summed E-state index contributed by atoms with van der Waals surface area (Å²) < 4.78 is 31.5. The zero-order chi connectivity index (χ0) is 12.8. The highest BCUT2D eigenvalue weighted by Crippen LogP contribution is 1.88. The molecule has 0 bridgehead atoms. The third kappa shape index (κ3) is 13.2. The first-order chi connectivity index (χ1) is 8.31. The summed E-state index contributed by atoms with van der Waals surface area (Å²) in [6, 6.07) is 0. The van der Waals surface area contributed by atoms with E-state index in [0.717, 1.165) is 0 Å². The standard InChI is InChI=1S/C11H21FO5/c1-2-17-11(13)3-5-14-7-9-16-10-8-15-6-4-12/h2-10H2,1H3. The smallest absolute Gasteiger partial charge is 0.308 e. The molecular weight excluding hydrogens is 231 g/mol. The molecule has 0 spiro atoms. The summed E-state index contributed by atoms with van der Waals surface area (Å²) in [5, 5.41) is 0. The molecule has 0 aromatic heterocycles. The summed E-state index contributed by atoms with van der Waals surface area (Å²) in [5.74, 6) is -0.256. The van der Waals surface area contributed by atoms with Crippen LogP contribution in [-0.2, 0) is 23.7 Å². The van der Waals surface area contributed by atoms with E-state index in [1.807, 2.05) is 0 Å². The van der Waals surface area contributed by atoms with Gasteiger partial charge in [0.1, 0.15) is 6.67 Å². The minimum atomic E-state index is -0.475. The molecular formula is C11H21FO5. The molecule has 0 heterocycles. The van der Waals surface area contributed by atoms with E-state index < -0.39 is 6.67 Å². The van der Waals surface area contributed by atoms with Gasteiger partial charge in [0.2, 0.25) is 0 Å². The lowest BCUT2D eigenvalue weighted by Gasteiger charge is -2.06. The van der Waals surface area contributed by atoms with Crippen LogP contribution in [0.15, 0.2) is 0 Å². The minimum Gasteiger partial charge on any atom is -0.466 e. The molecule has 0 rings (SSSR count). The SMILES string of the molecule is CCOC(=O)CCOCCOCCOCCF. The molecule has 102 valence electrons. The number of hydrogen-bond acceptors (Lipinski definition) is 5. The average molecular weight is 252 g/mol. The fourth-order valence-electron chi connectivity index (χ4n) is 0.985. The van der Waals surface area contributed by atoms with Crippen molar-refractivity contribution in [2.75, 3.05) is 52.9 Å². The first-order valence-electron chi connectivity index (χ1n) is 5.76. The summed E-state index contributed by atoms with van der Waals surface area (Å²) in [4.78, 5) is 10.9. The second kappa shape index (κ2) is 13.3. The Bertz CT molecular complexity index is 177. The molecule has 5 nitrogen and oxygen atoms in total. The van der Waals surface area contributed by atoms with Crippen LogP contribution >= 0.6 is 0 Å². The van der Waals surface area contributed by atoms with Gasteiger partial charge in [-0.25, -0.2) is 4.39 Å². The summed E-state index contributed by atoms with van der Waals surface area (Å²) in [5.41, 5.74) is 0. The van der Waals surface area contributed by atoms with E-state index in [1.54, 1.807) is 6.92 Å². The molecule has 0 fully saturated rings. The predicted octanol–water partition coefficient (Wildman–Crippen LogP) is 0.959. The lowest BCUT2D eigenvalue weighted by molar-refractivity contribution is -0.144. The quantitative estimate of drug-likeness (QED) is 0.382. The monoisotopic (exact) mass is 252 g/mol. The number of ether oxygens (including phenoxy) is 4. The number of hydrogen-bond donors (Lipinski definition) is 0. The van der Waals surface area contributed by atoms with Gasteiger partial charge < -0.3 is 18.9 Å². The Morgan fingerprint density at radius 2 is 1.47 bits per heavy atom. The van der Waals surface area contributed by atoms with Gasteiger partial charge in [-0.05, 0) is 6.92 Å². The highest BCUT2D eigenvalue weighted by Gasteiger charge is 2.00. The molecule has 0 saturated carbocycles. The Labute approximate surface area is 101 Å². The molecule has 6 heteroatoms. The third-order valence-corrected chi connectivity index (χ3v) is 1.72. The lowest BCUT2D eigenvalue weighted by atomic mass is 10.5. The summed E-state index contributed by atoms with van der Waals surface area (Å²) in [6.07, 6.45) is 0.257. The van der Waals surface area contributed by atoms with E-state index in [0.29, 0.717) is 39.6 Å². The van der Waals surface area contributed by atoms with Crippen molar-refractivity contribution >= 4 is 5.97 Å². The zero-order valence-electron chi connectivity index (χ0n) is 10.3. The van der Waals surface area contributed by atoms with Gasteiger partial charge in [0.25, 0.3) is 0 Å². The average Bonchev–Trinajstić information content (AvgIpc) is 2.32. The van der Waals surface area contributed by atoms with Crippen LogP contribution in [-0.4, -0.2) is 58.9 Å². The molecule has 0 aromatic rings. The van der Waals surface area contributed by atoms with Crippen molar-refractivity contribution in [1.29, 1.82) is 0 Å². The number of esters is 1. The first kappa shape index (κ1) is 16.3. The normalized spacial score (nSPS) is 10.5. The van der Waals surface area contributed by atoms with Gasteiger partial charge >= 0.3 is 5.97 Å². The number of rotatable bonds is 12. The van der Waals surface area contributed by atoms with Crippen molar-refractivity contribution in [2.24, 2.45) is 0 Å². The largest absolute Gasteiger partial charge is 0.466 e.